The number of hydrogen-bond acceptors (Lipinski definition) is 4. The maximum absolute atomic E-state index is 8.74. The van der Waals surface area contributed by atoms with Crippen molar-refractivity contribution < 1.29 is 0 Å². The third kappa shape index (κ3) is 3.41. The number of benzene rings is 1. The molecule has 0 aliphatic heterocycles. The van der Waals surface area contributed by atoms with Crippen LogP contribution in [0, 0.1) is 18.3 Å². The summed E-state index contributed by atoms with van der Waals surface area (Å²) in [7, 11) is 0. The molecule has 0 aliphatic rings. The maximum atomic E-state index is 8.74. The zero-order valence-corrected chi connectivity index (χ0v) is 13.1. The van der Waals surface area contributed by atoms with E-state index in [4.69, 9.17) is 16.9 Å². The normalized spacial score (nSPS) is 10.0. The van der Waals surface area contributed by atoms with E-state index < -0.39 is 0 Å². The number of rotatable bonds is 3. The number of nitrogens with one attached hydrogen (secondary N) is 1. The molecular formula is C13H9BrClN3S. The second kappa shape index (κ2) is 6.29. The van der Waals surface area contributed by atoms with Crippen molar-refractivity contribution in [3.8, 4) is 6.07 Å². The molecule has 0 saturated carbocycles. The number of nitrogens with zero attached hydrogens (tertiary/aromatic N) is 2. The van der Waals surface area contributed by atoms with Gasteiger partial charge in [-0.1, -0.05) is 11.6 Å². The number of pyridine rings is 1. The smallest absolute Gasteiger partial charge is 0.153 e. The lowest BCUT2D eigenvalue weighted by atomic mass is 10.2. The van der Waals surface area contributed by atoms with Crippen molar-refractivity contribution in [1.29, 1.82) is 5.26 Å². The Morgan fingerprint density at radius 3 is 2.68 bits per heavy atom. The Balaban J connectivity index is 2.14. The van der Waals surface area contributed by atoms with Crippen molar-refractivity contribution in [1.82, 2.24) is 4.98 Å². The zero-order valence-electron chi connectivity index (χ0n) is 9.95. The van der Waals surface area contributed by atoms with E-state index in [0.717, 1.165) is 20.6 Å². The number of nitriles is 1. The summed E-state index contributed by atoms with van der Waals surface area (Å²) < 4.78 is 4.09. The first kappa shape index (κ1) is 14.2. The second-order valence-electron chi connectivity index (χ2n) is 3.74. The Morgan fingerprint density at radius 1 is 1.37 bits per heavy atom. The Kier molecular flexibility index (Phi) is 4.70. The minimum absolute atomic E-state index is 0.432. The maximum Gasteiger partial charge on any atom is 0.153 e. The predicted molar refractivity (Wildman–Crippen MR) is 82.3 cm³/mol. The van der Waals surface area contributed by atoms with E-state index in [2.05, 4.69) is 31.7 Å². The van der Waals surface area contributed by atoms with Gasteiger partial charge in [0.1, 0.15) is 0 Å². The van der Waals surface area contributed by atoms with Crippen LogP contribution in [0.1, 0.15) is 11.1 Å². The van der Waals surface area contributed by atoms with Gasteiger partial charge in [-0.25, -0.2) is 4.98 Å². The summed E-state index contributed by atoms with van der Waals surface area (Å²) in [6.07, 6.45) is 1.68. The third-order valence-electron chi connectivity index (χ3n) is 2.49. The molecule has 2 rings (SSSR count). The molecule has 0 saturated heterocycles. The summed E-state index contributed by atoms with van der Waals surface area (Å²) in [4.78, 5) is 5.07. The van der Waals surface area contributed by atoms with Crippen LogP contribution in [0.2, 0.25) is 5.15 Å². The fraction of sp³-hybridized carbons (Fsp3) is 0.0769. The van der Waals surface area contributed by atoms with Crippen molar-refractivity contribution in [2.75, 3.05) is 4.72 Å². The SMILES string of the molecule is Cc1c(Br)cnc(Cl)c1NSc1ccc(C#N)cc1. The van der Waals surface area contributed by atoms with Crippen LogP contribution < -0.4 is 4.72 Å². The van der Waals surface area contributed by atoms with Crippen LogP contribution in [-0.2, 0) is 0 Å². The number of halogens is 2. The van der Waals surface area contributed by atoms with Gasteiger partial charge in [-0.2, -0.15) is 5.26 Å². The summed E-state index contributed by atoms with van der Waals surface area (Å²) >= 11 is 10.9. The van der Waals surface area contributed by atoms with Crippen LogP contribution in [0.15, 0.2) is 39.8 Å². The number of hydrogen-bond donors (Lipinski definition) is 1. The molecule has 19 heavy (non-hydrogen) atoms. The summed E-state index contributed by atoms with van der Waals surface area (Å²) in [5.74, 6) is 0. The molecule has 2 aromatic rings. The third-order valence-corrected chi connectivity index (χ3v) is 4.39. The van der Waals surface area contributed by atoms with Gasteiger partial charge in [0.25, 0.3) is 0 Å². The minimum atomic E-state index is 0.432. The molecule has 1 N–H and O–H groups in total. The first-order chi connectivity index (χ1) is 9.11. The quantitative estimate of drug-likeness (QED) is 0.635. The molecule has 0 fully saturated rings. The molecule has 0 aliphatic carbocycles. The van der Waals surface area contributed by atoms with Crippen LogP contribution in [0.3, 0.4) is 0 Å². The molecule has 6 heteroatoms. The molecule has 0 unspecified atom stereocenters. The largest absolute Gasteiger partial charge is 0.323 e. The fourth-order valence-corrected chi connectivity index (χ4v) is 2.71. The molecule has 0 bridgehead atoms. The average molecular weight is 355 g/mol. The Bertz CT molecular complexity index is 638. The first-order valence-electron chi connectivity index (χ1n) is 5.35. The highest BCUT2D eigenvalue weighted by Crippen LogP contribution is 2.32. The average Bonchev–Trinajstić information content (AvgIpc) is 2.44. The van der Waals surface area contributed by atoms with E-state index >= 15 is 0 Å². The van der Waals surface area contributed by atoms with Crippen LogP contribution in [0.25, 0.3) is 0 Å². The lowest BCUT2D eigenvalue weighted by molar-refractivity contribution is 1.26. The summed E-state index contributed by atoms with van der Waals surface area (Å²) in [5.41, 5.74) is 2.43. The topological polar surface area (TPSA) is 48.7 Å². The van der Waals surface area contributed by atoms with Gasteiger partial charge in [0, 0.05) is 15.6 Å². The van der Waals surface area contributed by atoms with Gasteiger partial charge in [-0.05, 0) is 64.6 Å². The predicted octanol–water partition coefficient (Wildman–Crippen LogP) is 4.80. The lowest BCUT2D eigenvalue weighted by Gasteiger charge is -2.11. The molecule has 0 amide bonds. The number of aromatic nitrogens is 1. The standard InChI is InChI=1S/C13H9BrClN3S/c1-8-11(14)7-17-13(15)12(8)18-19-10-4-2-9(6-16)3-5-10/h2-5,7,18H,1H3. The fourth-order valence-electron chi connectivity index (χ4n) is 1.37. The molecular weight excluding hydrogens is 346 g/mol. The van der Waals surface area contributed by atoms with Crippen molar-refractivity contribution >= 4 is 45.2 Å². The van der Waals surface area contributed by atoms with Gasteiger partial charge in [0.15, 0.2) is 5.15 Å². The summed E-state index contributed by atoms with van der Waals surface area (Å²) in [5, 5.41) is 9.17. The van der Waals surface area contributed by atoms with E-state index in [-0.39, 0.29) is 0 Å². The van der Waals surface area contributed by atoms with Crippen molar-refractivity contribution in [3.63, 3.8) is 0 Å². The van der Waals surface area contributed by atoms with Gasteiger partial charge in [0.2, 0.25) is 0 Å². The van der Waals surface area contributed by atoms with E-state index in [0.29, 0.717) is 10.7 Å². The molecule has 1 aromatic carbocycles. The van der Waals surface area contributed by atoms with Gasteiger partial charge in [-0.3, -0.25) is 0 Å². The van der Waals surface area contributed by atoms with E-state index in [1.807, 2.05) is 19.1 Å². The molecule has 1 aromatic heterocycles. The van der Waals surface area contributed by atoms with Gasteiger partial charge in [-0.15, -0.1) is 0 Å². The highest BCUT2D eigenvalue weighted by molar-refractivity contribution is 9.10. The zero-order chi connectivity index (χ0) is 13.8. The highest BCUT2D eigenvalue weighted by Gasteiger charge is 2.08. The lowest BCUT2D eigenvalue weighted by Crippen LogP contribution is -1.94. The van der Waals surface area contributed by atoms with Crippen LogP contribution in [0.5, 0.6) is 0 Å². The molecule has 0 radical (unpaired) electrons. The monoisotopic (exact) mass is 353 g/mol. The number of anilines is 1. The van der Waals surface area contributed by atoms with E-state index in [9.17, 15) is 0 Å². The van der Waals surface area contributed by atoms with Gasteiger partial charge >= 0.3 is 0 Å². The van der Waals surface area contributed by atoms with E-state index in [1.54, 1.807) is 18.3 Å². The Hall–Kier alpha value is -1.22. The van der Waals surface area contributed by atoms with Crippen LogP contribution >= 0.6 is 39.5 Å². The van der Waals surface area contributed by atoms with Crippen LogP contribution in [0.4, 0.5) is 5.69 Å². The molecule has 1 heterocycles. The first-order valence-corrected chi connectivity index (χ1v) is 7.34. The van der Waals surface area contributed by atoms with Crippen molar-refractivity contribution in [2.45, 2.75) is 11.8 Å². The minimum Gasteiger partial charge on any atom is -0.323 e. The van der Waals surface area contributed by atoms with E-state index in [1.165, 1.54) is 11.9 Å². The van der Waals surface area contributed by atoms with Crippen molar-refractivity contribution in [2.24, 2.45) is 0 Å². The van der Waals surface area contributed by atoms with Gasteiger partial charge in [0.05, 0.1) is 17.3 Å². The molecule has 3 nitrogen and oxygen atoms in total. The van der Waals surface area contributed by atoms with Gasteiger partial charge < -0.3 is 4.72 Å². The van der Waals surface area contributed by atoms with Crippen molar-refractivity contribution in [3.05, 3.63) is 51.2 Å². The Morgan fingerprint density at radius 2 is 2.05 bits per heavy atom. The molecule has 96 valence electrons. The Labute approximate surface area is 129 Å². The summed E-state index contributed by atoms with van der Waals surface area (Å²) in [6, 6.07) is 9.40. The summed E-state index contributed by atoms with van der Waals surface area (Å²) in [6.45, 7) is 1.96. The molecule has 0 atom stereocenters. The molecule has 0 spiro atoms. The second-order valence-corrected chi connectivity index (χ2v) is 5.83. The highest BCUT2D eigenvalue weighted by atomic mass is 79.9. The van der Waals surface area contributed by atoms with Crippen LogP contribution in [-0.4, -0.2) is 4.98 Å².